The van der Waals surface area contributed by atoms with Crippen LogP contribution in [0.25, 0.3) is 0 Å². The standard InChI is InChI=1S/C6H13NOS/c1-3-6(4-9)7-5(2)8/h6,9H,3-4H2,1-2H3,(H,7,8)/p-1. The van der Waals surface area contributed by atoms with Crippen LogP contribution in [0, 0.1) is 0 Å². The second-order valence-corrected chi connectivity index (χ2v) is 2.31. The van der Waals surface area contributed by atoms with Crippen LogP contribution in [0.3, 0.4) is 0 Å². The quantitative estimate of drug-likeness (QED) is 0.586. The van der Waals surface area contributed by atoms with E-state index in [9.17, 15) is 4.79 Å². The van der Waals surface area contributed by atoms with Crippen molar-refractivity contribution in [2.75, 3.05) is 5.75 Å². The molecule has 9 heavy (non-hydrogen) atoms. The van der Waals surface area contributed by atoms with Crippen LogP contribution in [0.2, 0.25) is 0 Å². The van der Waals surface area contributed by atoms with Crippen LogP contribution in [0.15, 0.2) is 0 Å². The fourth-order valence-corrected chi connectivity index (χ4v) is 0.868. The lowest BCUT2D eigenvalue weighted by molar-refractivity contribution is -0.119. The molecule has 0 saturated heterocycles. The van der Waals surface area contributed by atoms with Crippen molar-refractivity contribution in [2.24, 2.45) is 0 Å². The summed E-state index contributed by atoms with van der Waals surface area (Å²) in [5.41, 5.74) is 0. The number of carbonyl (C=O) groups is 1. The molecule has 0 saturated carbocycles. The van der Waals surface area contributed by atoms with Gasteiger partial charge in [0.05, 0.1) is 0 Å². The molecule has 0 aliphatic heterocycles. The van der Waals surface area contributed by atoms with E-state index in [1.54, 1.807) is 0 Å². The van der Waals surface area contributed by atoms with Gasteiger partial charge in [-0.25, -0.2) is 0 Å². The molecule has 0 aliphatic rings. The minimum absolute atomic E-state index is 0.00620. The second-order valence-electron chi connectivity index (χ2n) is 1.97. The summed E-state index contributed by atoms with van der Waals surface area (Å²) in [6.45, 7) is 3.51. The van der Waals surface area contributed by atoms with Gasteiger partial charge in [0.1, 0.15) is 0 Å². The van der Waals surface area contributed by atoms with Crippen molar-refractivity contribution in [3.63, 3.8) is 0 Å². The van der Waals surface area contributed by atoms with E-state index in [1.165, 1.54) is 6.92 Å². The van der Waals surface area contributed by atoms with Crippen molar-refractivity contribution < 1.29 is 4.79 Å². The molecule has 1 atom stereocenters. The summed E-state index contributed by atoms with van der Waals surface area (Å²) in [4.78, 5) is 10.4. The molecule has 0 spiro atoms. The van der Waals surface area contributed by atoms with Gasteiger partial charge >= 0.3 is 0 Å². The smallest absolute Gasteiger partial charge is 0.217 e. The maximum absolute atomic E-state index is 10.4. The molecule has 0 aromatic heterocycles. The van der Waals surface area contributed by atoms with Gasteiger partial charge in [-0.05, 0) is 6.42 Å². The van der Waals surface area contributed by atoms with Crippen LogP contribution in [0.1, 0.15) is 20.3 Å². The van der Waals surface area contributed by atoms with Crippen LogP contribution < -0.4 is 5.32 Å². The summed E-state index contributed by atoms with van der Waals surface area (Å²) in [5.74, 6) is 0.613. The van der Waals surface area contributed by atoms with Gasteiger partial charge in [-0.1, -0.05) is 6.92 Å². The van der Waals surface area contributed by atoms with Crippen LogP contribution >= 0.6 is 0 Å². The molecule has 0 heterocycles. The summed E-state index contributed by atoms with van der Waals surface area (Å²) >= 11 is 4.78. The van der Waals surface area contributed by atoms with Crippen molar-refractivity contribution >= 4 is 18.5 Å². The zero-order valence-corrected chi connectivity index (χ0v) is 6.62. The minimum atomic E-state index is 0.00620. The Kier molecular flexibility index (Phi) is 4.58. The Bertz CT molecular complexity index is 91.1. The molecule has 0 aromatic rings. The molecular weight excluding hydrogens is 134 g/mol. The van der Waals surface area contributed by atoms with E-state index in [0.717, 1.165) is 6.42 Å². The fourth-order valence-electron chi connectivity index (χ4n) is 0.549. The maximum atomic E-state index is 10.4. The van der Waals surface area contributed by atoms with E-state index in [1.807, 2.05) is 6.92 Å². The average Bonchev–Trinajstić information content (AvgIpc) is 1.82. The van der Waals surface area contributed by atoms with Crippen molar-refractivity contribution in [1.29, 1.82) is 0 Å². The molecule has 1 amide bonds. The Labute approximate surface area is 61.4 Å². The highest BCUT2D eigenvalue weighted by Crippen LogP contribution is 1.87. The lowest BCUT2D eigenvalue weighted by Crippen LogP contribution is -2.34. The Balaban J connectivity index is 3.43. The van der Waals surface area contributed by atoms with E-state index in [4.69, 9.17) is 12.6 Å². The zero-order chi connectivity index (χ0) is 7.28. The first-order chi connectivity index (χ1) is 4.20. The summed E-state index contributed by atoms with van der Waals surface area (Å²) in [6.07, 6.45) is 0.920. The number of hydrogen-bond acceptors (Lipinski definition) is 2. The van der Waals surface area contributed by atoms with Crippen molar-refractivity contribution in [2.45, 2.75) is 26.3 Å². The highest BCUT2D eigenvalue weighted by atomic mass is 32.1. The minimum Gasteiger partial charge on any atom is -0.791 e. The first-order valence-electron chi connectivity index (χ1n) is 3.06. The van der Waals surface area contributed by atoms with Gasteiger partial charge in [0, 0.05) is 13.0 Å². The van der Waals surface area contributed by atoms with Gasteiger partial charge in [-0.15, -0.1) is 0 Å². The molecule has 0 fully saturated rings. The third-order valence-electron chi connectivity index (χ3n) is 1.10. The van der Waals surface area contributed by atoms with Gasteiger partial charge in [-0.2, -0.15) is 5.75 Å². The largest absolute Gasteiger partial charge is 0.791 e. The molecule has 54 valence electrons. The fraction of sp³-hybridized carbons (Fsp3) is 0.833. The highest BCUT2D eigenvalue weighted by molar-refractivity contribution is 7.58. The predicted octanol–water partition coefficient (Wildman–Crippen LogP) is 0.448. The van der Waals surface area contributed by atoms with Gasteiger partial charge in [0.15, 0.2) is 0 Å². The molecule has 0 rings (SSSR count). The molecule has 2 nitrogen and oxygen atoms in total. The number of hydrogen-bond donors (Lipinski definition) is 1. The number of carbonyl (C=O) groups excluding carboxylic acids is 1. The van der Waals surface area contributed by atoms with Crippen molar-refractivity contribution in [1.82, 2.24) is 5.32 Å². The number of nitrogens with one attached hydrogen (secondary N) is 1. The van der Waals surface area contributed by atoms with E-state index in [2.05, 4.69) is 5.32 Å². The first-order valence-corrected chi connectivity index (χ1v) is 3.63. The molecule has 1 unspecified atom stereocenters. The third kappa shape index (κ3) is 4.33. The summed E-state index contributed by atoms with van der Waals surface area (Å²) in [5, 5.41) is 2.74. The van der Waals surface area contributed by atoms with E-state index in [-0.39, 0.29) is 11.9 Å². The lowest BCUT2D eigenvalue weighted by atomic mass is 10.2. The topological polar surface area (TPSA) is 29.1 Å². The molecule has 0 aliphatic carbocycles. The molecule has 0 radical (unpaired) electrons. The summed E-state index contributed by atoms with van der Waals surface area (Å²) in [7, 11) is 0. The molecule has 1 N–H and O–H groups in total. The number of rotatable bonds is 3. The third-order valence-corrected chi connectivity index (χ3v) is 1.50. The second kappa shape index (κ2) is 4.68. The van der Waals surface area contributed by atoms with E-state index in [0.29, 0.717) is 5.75 Å². The van der Waals surface area contributed by atoms with Crippen LogP contribution in [-0.4, -0.2) is 17.7 Å². The summed E-state index contributed by atoms with van der Waals surface area (Å²) < 4.78 is 0. The van der Waals surface area contributed by atoms with E-state index >= 15 is 0 Å². The van der Waals surface area contributed by atoms with Crippen LogP contribution in [0.4, 0.5) is 0 Å². The van der Waals surface area contributed by atoms with Crippen LogP contribution in [0.5, 0.6) is 0 Å². The van der Waals surface area contributed by atoms with Gasteiger partial charge in [-0.3, -0.25) is 4.79 Å². The maximum Gasteiger partial charge on any atom is 0.217 e. The molecule has 3 heteroatoms. The molecule has 0 aromatic carbocycles. The predicted molar refractivity (Wildman–Crippen MR) is 40.1 cm³/mol. The van der Waals surface area contributed by atoms with Crippen molar-refractivity contribution in [3.05, 3.63) is 0 Å². The summed E-state index contributed by atoms with van der Waals surface area (Å²) in [6, 6.07) is 0.192. The van der Waals surface area contributed by atoms with Crippen LogP contribution in [-0.2, 0) is 17.4 Å². The normalized spacial score (nSPS) is 12.8. The SMILES string of the molecule is CCC(C[S-])NC(C)=O. The molecular formula is C6H12NOS-. The Morgan fingerprint density at radius 1 is 1.78 bits per heavy atom. The van der Waals surface area contributed by atoms with Crippen molar-refractivity contribution in [3.8, 4) is 0 Å². The average molecular weight is 146 g/mol. The zero-order valence-electron chi connectivity index (χ0n) is 5.81. The Hall–Kier alpha value is -0.180. The monoisotopic (exact) mass is 146 g/mol. The van der Waals surface area contributed by atoms with Gasteiger partial charge in [0.2, 0.25) is 5.91 Å². The van der Waals surface area contributed by atoms with Gasteiger partial charge in [0.25, 0.3) is 0 Å². The Morgan fingerprint density at radius 3 is 2.44 bits per heavy atom. The van der Waals surface area contributed by atoms with Gasteiger partial charge < -0.3 is 17.9 Å². The molecule has 0 bridgehead atoms. The lowest BCUT2D eigenvalue weighted by Gasteiger charge is -2.18. The highest BCUT2D eigenvalue weighted by Gasteiger charge is 1.98. The van der Waals surface area contributed by atoms with E-state index < -0.39 is 0 Å². The Morgan fingerprint density at radius 2 is 2.33 bits per heavy atom. The first kappa shape index (κ1) is 8.82. The number of amides is 1.